The van der Waals surface area contributed by atoms with Crippen LogP contribution in [0.5, 0.6) is 0 Å². The summed E-state index contributed by atoms with van der Waals surface area (Å²) in [5.41, 5.74) is 2.08. The third-order valence-electron chi connectivity index (χ3n) is 7.33. The van der Waals surface area contributed by atoms with E-state index in [4.69, 9.17) is 16.3 Å². The number of carbonyl (C=O) groups excluding carboxylic acids is 3. The van der Waals surface area contributed by atoms with Crippen molar-refractivity contribution in [3.05, 3.63) is 70.8 Å². The lowest BCUT2D eigenvalue weighted by Crippen LogP contribution is -2.58. The number of hydrogen-bond donors (Lipinski definition) is 2. The van der Waals surface area contributed by atoms with E-state index >= 15 is 0 Å². The fourth-order valence-corrected chi connectivity index (χ4v) is 5.01. The molecule has 40 heavy (non-hydrogen) atoms. The number of aryl methyl sites for hydroxylation is 1. The topological polar surface area (TPSA) is 87.7 Å². The minimum Gasteiger partial charge on any atom is -0.444 e. The molecule has 0 radical (unpaired) electrons. The van der Waals surface area contributed by atoms with Crippen molar-refractivity contribution in [2.75, 3.05) is 5.32 Å². The molecule has 216 valence electrons. The lowest BCUT2D eigenvalue weighted by Gasteiger charge is -2.44. The maximum absolute atomic E-state index is 14.5. The van der Waals surface area contributed by atoms with Gasteiger partial charge in [-0.3, -0.25) is 9.59 Å². The van der Waals surface area contributed by atoms with Crippen LogP contribution in [0, 0.1) is 12.8 Å². The molecule has 3 amide bonds. The normalized spacial score (nSPS) is 15.7. The largest absolute Gasteiger partial charge is 0.444 e. The fraction of sp³-hybridized carbons (Fsp3) is 0.469. The van der Waals surface area contributed by atoms with Crippen molar-refractivity contribution in [1.82, 2.24) is 10.2 Å². The Balaban J connectivity index is 2.10. The molecule has 0 spiro atoms. The second kappa shape index (κ2) is 13.4. The number of para-hydroxylation sites is 1. The monoisotopic (exact) mass is 567 g/mol. The quantitative estimate of drug-likeness (QED) is 0.315. The number of ether oxygens (including phenoxy) is 1. The Morgan fingerprint density at radius 3 is 2.40 bits per heavy atom. The zero-order chi connectivity index (χ0) is 29.6. The van der Waals surface area contributed by atoms with Gasteiger partial charge in [0.1, 0.15) is 17.7 Å². The lowest BCUT2D eigenvalue weighted by atomic mass is 9.86. The summed E-state index contributed by atoms with van der Waals surface area (Å²) in [7, 11) is 0. The van der Waals surface area contributed by atoms with Gasteiger partial charge in [0, 0.05) is 6.04 Å². The van der Waals surface area contributed by atoms with Crippen LogP contribution in [0.2, 0.25) is 5.02 Å². The van der Waals surface area contributed by atoms with E-state index in [0.717, 1.165) is 30.4 Å². The Bertz CT molecular complexity index is 1210. The number of benzene rings is 2. The van der Waals surface area contributed by atoms with Gasteiger partial charge < -0.3 is 20.3 Å². The van der Waals surface area contributed by atoms with Crippen molar-refractivity contribution in [3.8, 4) is 0 Å². The van der Waals surface area contributed by atoms with Gasteiger partial charge in [0.15, 0.2) is 0 Å². The third-order valence-corrected chi connectivity index (χ3v) is 7.65. The van der Waals surface area contributed by atoms with Crippen molar-refractivity contribution >= 4 is 41.3 Å². The molecule has 3 rings (SSSR count). The second-order valence-corrected chi connectivity index (χ2v) is 11.9. The first kappa shape index (κ1) is 31.2. The summed E-state index contributed by atoms with van der Waals surface area (Å²) in [5.74, 6) is -0.889. The summed E-state index contributed by atoms with van der Waals surface area (Å²) in [6, 6.07) is 10.9. The molecule has 2 N–H and O–H groups in total. The molecule has 2 aromatic carbocycles. The predicted octanol–water partition coefficient (Wildman–Crippen LogP) is 7.29. The van der Waals surface area contributed by atoms with Crippen LogP contribution in [0.25, 0.3) is 6.08 Å². The summed E-state index contributed by atoms with van der Waals surface area (Å²) in [4.78, 5) is 43.1. The first-order valence-corrected chi connectivity index (χ1v) is 14.3. The minimum atomic E-state index is -0.958. The van der Waals surface area contributed by atoms with Gasteiger partial charge in [-0.15, -0.1) is 0 Å². The first-order chi connectivity index (χ1) is 18.9. The molecule has 3 atom stereocenters. The molecule has 0 aliphatic heterocycles. The molecule has 1 aliphatic carbocycles. The number of halogens is 1. The predicted molar refractivity (Wildman–Crippen MR) is 161 cm³/mol. The molecule has 2 aromatic rings. The van der Waals surface area contributed by atoms with Gasteiger partial charge in [0.05, 0.1) is 10.7 Å². The summed E-state index contributed by atoms with van der Waals surface area (Å²) in [6.07, 6.45) is 4.17. The van der Waals surface area contributed by atoms with Crippen LogP contribution in [0.4, 0.5) is 10.5 Å². The van der Waals surface area contributed by atoms with Crippen LogP contribution >= 0.6 is 11.6 Å². The minimum absolute atomic E-state index is 0.157. The summed E-state index contributed by atoms with van der Waals surface area (Å²) < 4.78 is 5.50. The molecule has 1 fully saturated rings. The van der Waals surface area contributed by atoms with E-state index in [1.165, 1.54) is 0 Å². The summed E-state index contributed by atoms with van der Waals surface area (Å²) in [5, 5.41) is 6.24. The molecule has 1 saturated carbocycles. The van der Waals surface area contributed by atoms with Crippen LogP contribution in [-0.4, -0.2) is 40.5 Å². The maximum Gasteiger partial charge on any atom is 0.408 e. The molecular weight excluding hydrogens is 526 g/mol. The van der Waals surface area contributed by atoms with Crippen LogP contribution in [0.3, 0.4) is 0 Å². The molecule has 3 unspecified atom stereocenters. The zero-order valence-electron chi connectivity index (χ0n) is 24.4. The number of amides is 3. The average Bonchev–Trinajstić information content (AvgIpc) is 2.86. The van der Waals surface area contributed by atoms with Crippen LogP contribution in [0.15, 0.2) is 49.0 Å². The van der Waals surface area contributed by atoms with Crippen LogP contribution in [0.1, 0.15) is 83.0 Å². The number of carbonyl (C=O) groups is 3. The third kappa shape index (κ3) is 7.66. The van der Waals surface area contributed by atoms with E-state index in [0.29, 0.717) is 22.7 Å². The van der Waals surface area contributed by atoms with Crippen molar-refractivity contribution in [3.63, 3.8) is 0 Å². The molecule has 0 saturated heterocycles. The Morgan fingerprint density at radius 2 is 1.85 bits per heavy atom. The highest BCUT2D eigenvalue weighted by molar-refractivity contribution is 6.34. The van der Waals surface area contributed by atoms with Gasteiger partial charge in [0.2, 0.25) is 5.91 Å². The second-order valence-electron chi connectivity index (χ2n) is 11.5. The summed E-state index contributed by atoms with van der Waals surface area (Å²) >= 11 is 6.47. The van der Waals surface area contributed by atoms with Gasteiger partial charge in [-0.05, 0) is 81.7 Å². The lowest BCUT2D eigenvalue weighted by molar-refractivity contribution is -0.147. The SMILES string of the molecule is C=Cc1cccc(C(C(=O)Nc2c(C)cccc2Cl)N(C(=O)C(NC(=O)OC(C)(C)C)C(C)CC)C2CCC2)c1. The number of anilines is 1. The Kier molecular flexibility index (Phi) is 10.4. The molecule has 1 aliphatic rings. The number of rotatable bonds is 10. The molecular formula is C32H42ClN3O4. The molecule has 7 nitrogen and oxygen atoms in total. The highest BCUT2D eigenvalue weighted by Gasteiger charge is 2.43. The first-order valence-electron chi connectivity index (χ1n) is 14.0. The highest BCUT2D eigenvalue weighted by Crippen LogP contribution is 2.36. The Morgan fingerprint density at radius 1 is 1.18 bits per heavy atom. The van der Waals surface area contributed by atoms with E-state index < -0.39 is 23.8 Å². The van der Waals surface area contributed by atoms with Gasteiger partial charge in [-0.2, -0.15) is 0 Å². The smallest absolute Gasteiger partial charge is 0.408 e. The fourth-order valence-electron chi connectivity index (χ4n) is 4.74. The molecule has 0 aromatic heterocycles. The zero-order valence-corrected chi connectivity index (χ0v) is 25.2. The van der Waals surface area contributed by atoms with Crippen molar-refractivity contribution in [2.24, 2.45) is 5.92 Å². The van der Waals surface area contributed by atoms with Crippen LogP contribution < -0.4 is 10.6 Å². The van der Waals surface area contributed by atoms with E-state index in [2.05, 4.69) is 17.2 Å². The number of nitrogens with one attached hydrogen (secondary N) is 2. The number of nitrogens with zero attached hydrogens (tertiary/aromatic N) is 1. The Labute approximate surface area is 243 Å². The number of alkyl carbamates (subject to hydrolysis) is 1. The highest BCUT2D eigenvalue weighted by atomic mass is 35.5. The van der Waals surface area contributed by atoms with E-state index in [9.17, 15) is 14.4 Å². The summed E-state index contributed by atoms with van der Waals surface area (Å²) in [6.45, 7) is 14.9. The van der Waals surface area contributed by atoms with E-state index in [1.807, 2.05) is 57.2 Å². The maximum atomic E-state index is 14.5. The standard InChI is InChI=1S/C32H42ClN3O4/c1-8-20(3)27(35-31(39)40-32(5,6)7)30(38)36(24-16-12-17-24)28(23-15-11-14-22(9-2)19-23)29(37)34-26-21(4)13-10-18-25(26)33/h9-11,13-15,18-20,24,27-28H,2,8,12,16-17H2,1,3-7H3,(H,34,37)(H,35,39). The van der Waals surface area contributed by atoms with Crippen molar-refractivity contribution < 1.29 is 19.1 Å². The van der Waals surface area contributed by atoms with Crippen LogP contribution in [-0.2, 0) is 14.3 Å². The number of hydrogen-bond acceptors (Lipinski definition) is 4. The van der Waals surface area contributed by atoms with E-state index in [1.54, 1.807) is 37.8 Å². The average molecular weight is 568 g/mol. The van der Waals surface area contributed by atoms with Gasteiger partial charge in [0.25, 0.3) is 5.91 Å². The van der Waals surface area contributed by atoms with Gasteiger partial charge in [-0.1, -0.05) is 74.9 Å². The van der Waals surface area contributed by atoms with Gasteiger partial charge >= 0.3 is 6.09 Å². The molecule has 8 heteroatoms. The van der Waals surface area contributed by atoms with E-state index in [-0.39, 0.29) is 23.8 Å². The van der Waals surface area contributed by atoms with Crippen molar-refractivity contribution in [2.45, 2.75) is 91.0 Å². The van der Waals surface area contributed by atoms with Gasteiger partial charge in [-0.25, -0.2) is 4.79 Å². The molecule has 0 heterocycles. The van der Waals surface area contributed by atoms with Crippen molar-refractivity contribution in [1.29, 1.82) is 0 Å². The molecule has 0 bridgehead atoms. The Hall–Kier alpha value is -3.32.